The molecule has 1 unspecified atom stereocenters. The lowest BCUT2D eigenvalue weighted by Gasteiger charge is -2.24. The lowest BCUT2D eigenvalue weighted by Crippen LogP contribution is -2.30. The van der Waals surface area contributed by atoms with Gasteiger partial charge in [0.1, 0.15) is 5.82 Å². The van der Waals surface area contributed by atoms with E-state index in [0.717, 1.165) is 42.8 Å². The Morgan fingerprint density at radius 1 is 1.50 bits per heavy atom. The average Bonchev–Trinajstić information content (AvgIpc) is 2.97. The van der Waals surface area contributed by atoms with Crippen molar-refractivity contribution >= 4 is 17.2 Å². The number of Topliss-reactive ketones (excluding diaryl/α,β-unsaturated/α-hetero) is 1. The molecule has 2 aromatic heterocycles. The number of hydrazine groups is 1. The number of nitrogen functional groups attached to an aromatic ring is 1. The Balaban J connectivity index is 0.000000352. The van der Waals surface area contributed by atoms with Gasteiger partial charge in [0.25, 0.3) is 0 Å². The maximum absolute atomic E-state index is 12.0. The summed E-state index contributed by atoms with van der Waals surface area (Å²) in [5.74, 6) is 5.74. The number of fused-ring (bicyclic) bond motifs is 1. The van der Waals surface area contributed by atoms with Crippen molar-refractivity contribution in [2.24, 2.45) is 5.84 Å². The van der Waals surface area contributed by atoms with Crippen LogP contribution < -0.4 is 16.9 Å². The van der Waals surface area contributed by atoms with Crippen LogP contribution in [0.15, 0.2) is 18.5 Å². The number of anilines is 1. The van der Waals surface area contributed by atoms with Gasteiger partial charge in [0, 0.05) is 31.3 Å². The normalized spacial score (nSPS) is 17.2. The summed E-state index contributed by atoms with van der Waals surface area (Å²) in [5, 5.41) is 9.07. The zero-order valence-corrected chi connectivity index (χ0v) is 16.0. The first-order valence-corrected chi connectivity index (χ1v) is 8.82. The van der Waals surface area contributed by atoms with Crippen molar-refractivity contribution < 1.29 is 4.79 Å². The van der Waals surface area contributed by atoms with E-state index in [9.17, 15) is 4.79 Å². The number of hydrogen-bond donors (Lipinski definition) is 3. The van der Waals surface area contributed by atoms with Gasteiger partial charge in [-0.2, -0.15) is 9.61 Å². The number of nitrogens with two attached hydrogens (primary N) is 2. The number of allylic oxidation sites excluding steroid dienone is 1. The lowest BCUT2D eigenvalue weighted by atomic mass is 9.91. The quantitative estimate of drug-likeness (QED) is 0.433. The second-order valence-electron chi connectivity index (χ2n) is 6.57. The maximum atomic E-state index is 12.0. The zero-order valence-electron chi connectivity index (χ0n) is 16.0. The summed E-state index contributed by atoms with van der Waals surface area (Å²) in [6, 6.07) is 0. The van der Waals surface area contributed by atoms with Crippen LogP contribution in [0, 0.1) is 6.92 Å². The Bertz CT molecular complexity index is 788. The van der Waals surface area contributed by atoms with Gasteiger partial charge in [0.15, 0.2) is 11.4 Å². The number of piperidine rings is 1. The maximum Gasteiger partial charge on any atom is 0.165 e. The van der Waals surface area contributed by atoms with E-state index in [-0.39, 0.29) is 11.7 Å². The molecular weight excluding hydrogens is 330 g/mol. The van der Waals surface area contributed by atoms with Gasteiger partial charge in [0.2, 0.25) is 0 Å². The number of nitrogens with one attached hydrogen (secondary N) is 1. The Labute approximate surface area is 154 Å². The van der Waals surface area contributed by atoms with Gasteiger partial charge in [-0.3, -0.25) is 4.79 Å². The van der Waals surface area contributed by atoms with Crippen molar-refractivity contribution in [1.82, 2.24) is 24.9 Å². The van der Waals surface area contributed by atoms with E-state index in [1.54, 1.807) is 24.0 Å². The number of hydrogen-bond acceptors (Lipinski definition) is 7. The molecule has 0 radical (unpaired) electrons. The third-order valence-corrected chi connectivity index (χ3v) is 4.31. The molecule has 0 spiro atoms. The minimum Gasteiger partial charge on any atom is -0.383 e. The monoisotopic (exact) mass is 359 g/mol. The van der Waals surface area contributed by atoms with Crippen LogP contribution in [0.25, 0.3) is 5.65 Å². The topological polar surface area (TPSA) is 115 Å². The summed E-state index contributed by atoms with van der Waals surface area (Å²) in [6.45, 7) is 7.27. The summed E-state index contributed by atoms with van der Waals surface area (Å²) in [6.07, 6.45) is 7.50. The van der Waals surface area contributed by atoms with Crippen LogP contribution in [0.5, 0.6) is 0 Å². The zero-order chi connectivity index (χ0) is 19.3. The van der Waals surface area contributed by atoms with Crippen LogP contribution in [0.4, 0.5) is 5.82 Å². The van der Waals surface area contributed by atoms with E-state index in [2.05, 4.69) is 10.4 Å². The molecule has 3 rings (SSSR count). The molecule has 3 heterocycles. The summed E-state index contributed by atoms with van der Waals surface area (Å²) < 4.78 is 1.56. The Morgan fingerprint density at radius 2 is 2.23 bits per heavy atom. The van der Waals surface area contributed by atoms with Crippen molar-refractivity contribution in [3.63, 3.8) is 0 Å². The number of carbonyl (C=O) groups is 1. The van der Waals surface area contributed by atoms with Crippen LogP contribution in [0.3, 0.4) is 0 Å². The second-order valence-corrected chi connectivity index (χ2v) is 6.57. The molecule has 142 valence electrons. The van der Waals surface area contributed by atoms with Gasteiger partial charge >= 0.3 is 0 Å². The largest absolute Gasteiger partial charge is 0.383 e. The molecule has 1 atom stereocenters. The highest BCUT2D eigenvalue weighted by Crippen LogP contribution is 2.29. The van der Waals surface area contributed by atoms with Crippen molar-refractivity contribution in [3.8, 4) is 0 Å². The molecule has 1 saturated heterocycles. The van der Waals surface area contributed by atoms with Crippen LogP contribution in [-0.4, -0.2) is 45.5 Å². The molecule has 1 fully saturated rings. The molecule has 0 saturated carbocycles. The van der Waals surface area contributed by atoms with E-state index in [0.29, 0.717) is 11.4 Å². The van der Waals surface area contributed by atoms with E-state index in [1.165, 1.54) is 11.9 Å². The third kappa shape index (κ3) is 4.39. The fourth-order valence-corrected chi connectivity index (χ4v) is 3.12. The number of rotatable bonds is 3. The molecule has 2 aromatic rings. The van der Waals surface area contributed by atoms with Crippen molar-refractivity contribution in [1.29, 1.82) is 0 Å². The van der Waals surface area contributed by atoms with Gasteiger partial charge in [-0.1, -0.05) is 6.08 Å². The molecule has 1 aliphatic heterocycles. The number of nitrogens with zero attached hydrogens (tertiary/aromatic N) is 4. The van der Waals surface area contributed by atoms with Gasteiger partial charge in [-0.05, 0) is 40.2 Å². The molecule has 0 amide bonds. The van der Waals surface area contributed by atoms with Crippen molar-refractivity contribution in [2.45, 2.75) is 39.5 Å². The highest BCUT2D eigenvalue weighted by molar-refractivity contribution is 6.00. The first kappa shape index (κ1) is 19.9. The minimum absolute atomic E-state index is 0.0503. The minimum atomic E-state index is -0.0503. The Hall–Kier alpha value is -2.45. The molecule has 8 heteroatoms. The van der Waals surface area contributed by atoms with E-state index in [4.69, 9.17) is 16.6 Å². The van der Waals surface area contributed by atoms with Crippen molar-refractivity contribution in [2.75, 3.05) is 25.9 Å². The predicted octanol–water partition coefficient (Wildman–Crippen LogP) is 1.62. The summed E-state index contributed by atoms with van der Waals surface area (Å²) in [4.78, 5) is 16.7. The Morgan fingerprint density at radius 3 is 2.73 bits per heavy atom. The van der Waals surface area contributed by atoms with Crippen LogP contribution >= 0.6 is 0 Å². The van der Waals surface area contributed by atoms with E-state index in [1.807, 2.05) is 19.9 Å². The third-order valence-electron chi connectivity index (χ3n) is 4.31. The summed E-state index contributed by atoms with van der Waals surface area (Å²) in [5.41, 5.74) is 9.21. The van der Waals surface area contributed by atoms with Crippen LogP contribution in [-0.2, 0) is 0 Å². The summed E-state index contributed by atoms with van der Waals surface area (Å²) >= 11 is 0. The van der Waals surface area contributed by atoms with Crippen LogP contribution in [0.2, 0.25) is 0 Å². The SMILES string of the molecule is C/C=C\N(C)N.CC(=O)c1c(C2CCCNC2)nc2c(C)cnn2c1N. The highest BCUT2D eigenvalue weighted by atomic mass is 16.1. The molecule has 8 nitrogen and oxygen atoms in total. The molecular formula is C18H29N7O. The lowest BCUT2D eigenvalue weighted by molar-refractivity contribution is 0.101. The summed E-state index contributed by atoms with van der Waals surface area (Å²) in [7, 11) is 1.78. The molecule has 0 aliphatic carbocycles. The standard InChI is InChI=1S/C14H19N5O.C4H10N2/c1-8-6-17-19-13(15)11(9(2)20)12(18-14(8)19)10-4-3-5-16-7-10;1-3-4-6(2)5/h6,10,16H,3-5,7,15H2,1-2H3;3-4H,5H2,1-2H3/b;4-3-. The number of aryl methyl sites for hydroxylation is 1. The van der Waals surface area contributed by atoms with Gasteiger partial charge in [0.05, 0.1) is 17.5 Å². The van der Waals surface area contributed by atoms with Gasteiger partial charge < -0.3 is 16.1 Å². The molecule has 26 heavy (non-hydrogen) atoms. The number of carbonyl (C=O) groups excluding carboxylic acids is 1. The first-order chi connectivity index (χ1) is 12.4. The molecule has 5 N–H and O–H groups in total. The average molecular weight is 359 g/mol. The Kier molecular flexibility index (Phi) is 6.70. The van der Waals surface area contributed by atoms with E-state index >= 15 is 0 Å². The first-order valence-electron chi connectivity index (χ1n) is 8.82. The smallest absolute Gasteiger partial charge is 0.165 e. The second kappa shape index (κ2) is 8.77. The molecule has 0 aromatic carbocycles. The highest BCUT2D eigenvalue weighted by Gasteiger charge is 2.25. The number of aromatic nitrogens is 3. The predicted molar refractivity (Wildman–Crippen MR) is 104 cm³/mol. The number of ketones is 1. The fraction of sp³-hybridized carbons (Fsp3) is 0.500. The van der Waals surface area contributed by atoms with Crippen molar-refractivity contribution in [3.05, 3.63) is 35.3 Å². The molecule has 1 aliphatic rings. The van der Waals surface area contributed by atoms with Crippen LogP contribution in [0.1, 0.15) is 54.2 Å². The molecule has 0 bridgehead atoms. The van der Waals surface area contributed by atoms with Gasteiger partial charge in [-0.25, -0.2) is 10.8 Å². The van der Waals surface area contributed by atoms with Gasteiger partial charge in [-0.15, -0.1) is 0 Å². The van der Waals surface area contributed by atoms with E-state index < -0.39 is 0 Å². The fourth-order valence-electron chi connectivity index (χ4n) is 3.12.